The topological polar surface area (TPSA) is 110 Å². The zero-order valence-corrected chi connectivity index (χ0v) is 19.6. The van der Waals surface area contributed by atoms with Gasteiger partial charge >= 0.3 is 5.97 Å². The highest BCUT2D eigenvalue weighted by atomic mass is 35.5. The van der Waals surface area contributed by atoms with E-state index in [4.69, 9.17) is 16.3 Å². The van der Waals surface area contributed by atoms with Crippen molar-refractivity contribution in [1.29, 1.82) is 5.26 Å². The Bertz CT molecular complexity index is 1140. The third-order valence-electron chi connectivity index (χ3n) is 7.41. The molecule has 2 aromatic rings. The van der Waals surface area contributed by atoms with Crippen molar-refractivity contribution < 1.29 is 14.3 Å². The molecule has 0 saturated heterocycles. The van der Waals surface area contributed by atoms with Gasteiger partial charge < -0.3 is 10.1 Å². The lowest BCUT2D eigenvalue weighted by molar-refractivity contribution is -0.150. The largest absolute Gasteiger partial charge is 0.462 e. The maximum Gasteiger partial charge on any atom is 0.348 e. The second kappa shape index (κ2) is 7.56. The summed E-state index contributed by atoms with van der Waals surface area (Å²) in [5, 5.41) is 17.8. The Kier molecular flexibility index (Phi) is 5.06. The number of amides is 1. The predicted octanol–water partition coefficient (Wildman–Crippen LogP) is 4.28. The normalized spacial score (nSPS) is 30.2. The molecule has 4 saturated carbocycles. The molecular weight excluding hydrogens is 450 g/mol. The maximum atomic E-state index is 13.7. The molecule has 6 rings (SSSR count). The first-order chi connectivity index (χ1) is 15.3. The Balaban J connectivity index is 1.46. The summed E-state index contributed by atoms with van der Waals surface area (Å²) in [6.07, 6.45) is 7.11. The second-order valence-corrected chi connectivity index (χ2v) is 10.8. The van der Waals surface area contributed by atoms with Crippen LogP contribution in [0.1, 0.15) is 66.2 Å². The number of esters is 1. The molecule has 1 N–H and O–H groups in total. The number of carbonyl (C=O) groups is 2. The van der Waals surface area contributed by atoms with Gasteiger partial charge in [0, 0.05) is 0 Å². The average molecular weight is 474 g/mol. The van der Waals surface area contributed by atoms with Crippen LogP contribution in [0.5, 0.6) is 0 Å². The zero-order chi connectivity index (χ0) is 22.7. The van der Waals surface area contributed by atoms with Crippen LogP contribution in [0.2, 0.25) is 5.28 Å². The van der Waals surface area contributed by atoms with Gasteiger partial charge in [-0.05, 0) is 81.4 Å². The van der Waals surface area contributed by atoms with E-state index < -0.39 is 11.4 Å². The summed E-state index contributed by atoms with van der Waals surface area (Å²) in [5.41, 5.74) is 0.0950. The molecule has 4 bridgehead atoms. The van der Waals surface area contributed by atoms with E-state index in [1.165, 1.54) is 0 Å². The standard InChI is InChI=1S/C22H24ClN5O3S/c1-3-31-18(29)16-12(2)15(9-24)17(32-16)26-19(30)21-5-13-4-14(6-21)8-22(7-13,10-21)28-11-25-20(23)27-28/h11,13-14H,3-8,10H2,1-2H3,(H,26,30)/t13-,14-,21?,22?/m0/s1. The van der Waals surface area contributed by atoms with E-state index in [1.54, 1.807) is 20.2 Å². The zero-order valence-electron chi connectivity index (χ0n) is 18.0. The summed E-state index contributed by atoms with van der Waals surface area (Å²) in [6.45, 7) is 3.70. The molecule has 0 radical (unpaired) electrons. The highest BCUT2D eigenvalue weighted by molar-refractivity contribution is 7.18. The Labute approximate surface area is 194 Å². The molecular formula is C22H24ClN5O3S. The number of ether oxygens (including phenoxy) is 1. The number of anilines is 1. The molecule has 4 aliphatic carbocycles. The first kappa shape index (κ1) is 21.4. The molecule has 2 heterocycles. The molecule has 0 unspecified atom stereocenters. The minimum atomic E-state index is -0.531. The molecule has 8 nitrogen and oxygen atoms in total. The van der Waals surface area contributed by atoms with Gasteiger partial charge in [-0.15, -0.1) is 16.4 Å². The molecule has 1 amide bonds. The fraction of sp³-hybridized carbons (Fsp3) is 0.591. The molecule has 168 valence electrons. The molecule has 4 aliphatic rings. The number of halogens is 1. The minimum Gasteiger partial charge on any atom is -0.462 e. The number of hydrogen-bond donors (Lipinski definition) is 1. The van der Waals surface area contributed by atoms with Crippen molar-refractivity contribution >= 4 is 39.8 Å². The summed E-state index contributed by atoms with van der Waals surface area (Å²) in [5.74, 6) is 0.348. The predicted molar refractivity (Wildman–Crippen MR) is 118 cm³/mol. The van der Waals surface area contributed by atoms with Gasteiger partial charge in [-0.1, -0.05) is 0 Å². The first-order valence-corrected chi connectivity index (χ1v) is 12.1. The number of nitriles is 1. The molecule has 10 heteroatoms. The fourth-order valence-electron chi connectivity index (χ4n) is 6.58. The van der Waals surface area contributed by atoms with E-state index in [0.29, 0.717) is 39.3 Å². The summed E-state index contributed by atoms with van der Waals surface area (Å²) in [4.78, 5) is 30.5. The van der Waals surface area contributed by atoms with Gasteiger partial charge in [-0.3, -0.25) is 4.79 Å². The smallest absolute Gasteiger partial charge is 0.348 e. The highest BCUT2D eigenvalue weighted by Crippen LogP contribution is 2.64. The Morgan fingerprint density at radius 1 is 1.38 bits per heavy atom. The van der Waals surface area contributed by atoms with Gasteiger partial charge in [-0.25, -0.2) is 14.5 Å². The highest BCUT2D eigenvalue weighted by Gasteiger charge is 2.61. The van der Waals surface area contributed by atoms with Crippen molar-refractivity contribution in [2.75, 3.05) is 11.9 Å². The molecule has 4 fully saturated rings. The number of nitrogens with zero attached hydrogens (tertiary/aromatic N) is 4. The van der Waals surface area contributed by atoms with Crippen LogP contribution in [-0.2, 0) is 15.1 Å². The van der Waals surface area contributed by atoms with Gasteiger partial charge in [0.15, 0.2) is 0 Å². The average Bonchev–Trinajstić information content (AvgIpc) is 3.31. The molecule has 0 aliphatic heterocycles. The van der Waals surface area contributed by atoms with Crippen LogP contribution < -0.4 is 5.32 Å². The molecule has 32 heavy (non-hydrogen) atoms. The van der Waals surface area contributed by atoms with E-state index in [9.17, 15) is 14.9 Å². The van der Waals surface area contributed by atoms with E-state index in [1.807, 2.05) is 4.68 Å². The Hall–Kier alpha value is -2.44. The third-order valence-corrected chi connectivity index (χ3v) is 8.77. The van der Waals surface area contributed by atoms with Crippen molar-refractivity contribution in [3.8, 4) is 6.07 Å². The SMILES string of the molecule is CCOC(=O)c1sc(NC(=O)C23C[C@@H]4C[C@@H](C2)CC(n2cnc(Cl)n2)(C4)C3)c(C#N)c1C. The molecule has 0 spiro atoms. The number of hydrogen-bond acceptors (Lipinski definition) is 7. The second-order valence-electron chi connectivity index (χ2n) is 9.47. The van der Waals surface area contributed by atoms with Crippen LogP contribution >= 0.6 is 22.9 Å². The Morgan fingerprint density at radius 3 is 2.69 bits per heavy atom. The van der Waals surface area contributed by atoms with Crippen LogP contribution in [0.4, 0.5) is 5.00 Å². The molecule has 2 aromatic heterocycles. The van der Waals surface area contributed by atoms with Gasteiger partial charge in [0.1, 0.15) is 22.3 Å². The number of thiophene rings is 1. The van der Waals surface area contributed by atoms with Crippen LogP contribution in [0.25, 0.3) is 0 Å². The van der Waals surface area contributed by atoms with Crippen LogP contribution in [-0.4, -0.2) is 33.2 Å². The maximum absolute atomic E-state index is 13.7. The lowest BCUT2D eigenvalue weighted by atomic mass is 9.46. The van der Waals surface area contributed by atoms with Crippen molar-refractivity contribution in [2.45, 2.75) is 57.9 Å². The van der Waals surface area contributed by atoms with Crippen molar-refractivity contribution in [3.63, 3.8) is 0 Å². The van der Waals surface area contributed by atoms with Crippen LogP contribution in [0.3, 0.4) is 0 Å². The van der Waals surface area contributed by atoms with Crippen LogP contribution in [0.15, 0.2) is 6.33 Å². The van der Waals surface area contributed by atoms with Gasteiger partial charge in [-0.2, -0.15) is 5.26 Å². The molecule has 0 aromatic carbocycles. The number of rotatable bonds is 5. The van der Waals surface area contributed by atoms with Crippen molar-refractivity contribution in [2.24, 2.45) is 17.3 Å². The van der Waals surface area contributed by atoms with Gasteiger partial charge in [0.25, 0.3) is 0 Å². The number of carbonyl (C=O) groups excluding carboxylic acids is 2. The quantitative estimate of drug-likeness (QED) is 0.649. The summed E-state index contributed by atoms with van der Waals surface area (Å²) >= 11 is 7.13. The molecule has 2 atom stereocenters. The number of aromatic nitrogens is 3. The van der Waals surface area contributed by atoms with E-state index in [0.717, 1.165) is 43.4 Å². The summed E-state index contributed by atoms with van der Waals surface area (Å²) < 4.78 is 6.99. The Morgan fingerprint density at radius 2 is 2.09 bits per heavy atom. The van der Waals surface area contributed by atoms with E-state index in [-0.39, 0.29) is 23.3 Å². The monoisotopic (exact) mass is 473 g/mol. The fourth-order valence-corrected chi connectivity index (χ4v) is 7.75. The minimum absolute atomic E-state index is 0.0738. The summed E-state index contributed by atoms with van der Waals surface area (Å²) in [6, 6.07) is 2.15. The first-order valence-electron chi connectivity index (χ1n) is 10.9. The lowest BCUT2D eigenvalue weighted by Gasteiger charge is -2.60. The van der Waals surface area contributed by atoms with Crippen molar-refractivity contribution in [3.05, 3.63) is 27.6 Å². The number of nitrogens with one attached hydrogen (secondary N) is 1. The lowest BCUT2D eigenvalue weighted by Crippen LogP contribution is -2.60. The van der Waals surface area contributed by atoms with Crippen LogP contribution in [0, 0.1) is 35.5 Å². The van der Waals surface area contributed by atoms with Gasteiger partial charge in [0.2, 0.25) is 11.2 Å². The van der Waals surface area contributed by atoms with Gasteiger partial charge in [0.05, 0.1) is 23.1 Å². The van der Waals surface area contributed by atoms with E-state index in [2.05, 4.69) is 21.5 Å². The third kappa shape index (κ3) is 3.23. The van der Waals surface area contributed by atoms with E-state index >= 15 is 0 Å². The summed E-state index contributed by atoms with van der Waals surface area (Å²) in [7, 11) is 0. The van der Waals surface area contributed by atoms with Crippen molar-refractivity contribution in [1.82, 2.24) is 14.8 Å².